The van der Waals surface area contributed by atoms with Crippen molar-refractivity contribution in [3.63, 3.8) is 0 Å². The quantitative estimate of drug-likeness (QED) is 0.565. The summed E-state index contributed by atoms with van der Waals surface area (Å²) < 4.78 is 16.0. The second-order valence-electron chi connectivity index (χ2n) is 6.27. The van der Waals surface area contributed by atoms with Crippen molar-refractivity contribution < 1.29 is 9.18 Å². The summed E-state index contributed by atoms with van der Waals surface area (Å²) in [6.45, 7) is 0.296. The zero-order valence-corrected chi connectivity index (χ0v) is 14.9. The van der Waals surface area contributed by atoms with Crippen LogP contribution in [0.1, 0.15) is 15.9 Å². The number of hydrogen-bond acceptors (Lipinski definition) is 3. The Morgan fingerprint density at radius 2 is 1.64 bits per heavy atom. The molecule has 0 unspecified atom stereocenters. The number of nitrogens with one attached hydrogen (secondary N) is 1. The van der Waals surface area contributed by atoms with E-state index in [9.17, 15) is 9.18 Å². The number of benzene rings is 3. The third kappa shape index (κ3) is 3.81. The Bertz CT molecular complexity index is 1090. The van der Waals surface area contributed by atoms with Crippen LogP contribution in [0.2, 0.25) is 0 Å². The monoisotopic (exact) mass is 372 g/mol. The molecule has 1 aromatic heterocycles. The van der Waals surface area contributed by atoms with Gasteiger partial charge in [0.2, 0.25) is 5.95 Å². The lowest BCUT2D eigenvalue weighted by Crippen LogP contribution is -2.11. The van der Waals surface area contributed by atoms with Crippen LogP contribution in [0.4, 0.5) is 10.1 Å². The fourth-order valence-electron chi connectivity index (χ4n) is 2.87. The van der Waals surface area contributed by atoms with Gasteiger partial charge in [0.1, 0.15) is 5.69 Å². The van der Waals surface area contributed by atoms with Gasteiger partial charge in [-0.15, -0.1) is 5.10 Å². The van der Waals surface area contributed by atoms with Crippen LogP contribution < -0.4 is 5.32 Å². The molecule has 1 N–H and O–H groups in total. The minimum atomic E-state index is -0.518. The lowest BCUT2D eigenvalue weighted by Gasteiger charge is -2.07. The third-order valence-electron chi connectivity index (χ3n) is 4.28. The standard InChI is InChI=1S/C22H17FN4O/c23-21-20(25-26-27(21)15-16-8-3-1-4-9-16)18-12-7-13-19(14-18)24-22(28)17-10-5-2-6-11-17/h1-14H,15H2,(H,24,28). The molecule has 0 bridgehead atoms. The van der Waals surface area contributed by atoms with Gasteiger partial charge in [0.15, 0.2) is 0 Å². The topological polar surface area (TPSA) is 59.8 Å². The minimum absolute atomic E-state index is 0.145. The van der Waals surface area contributed by atoms with Gasteiger partial charge in [0, 0.05) is 16.8 Å². The van der Waals surface area contributed by atoms with Crippen LogP contribution in [-0.2, 0) is 6.54 Å². The van der Waals surface area contributed by atoms with Gasteiger partial charge in [-0.25, -0.2) is 4.68 Å². The van der Waals surface area contributed by atoms with E-state index in [2.05, 4.69) is 15.6 Å². The Kier molecular flexibility index (Phi) is 4.93. The predicted octanol–water partition coefficient (Wildman–Crippen LogP) is 4.38. The van der Waals surface area contributed by atoms with E-state index in [1.54, 1.807) is 48.5 Å². The highest BCUT2D eigenvalue weighted by Gasteiger charge is 2.15. The van der Waals surface area contributed by atoms with Crippen LogP contribution in [0.5, 0.6) is 0 Å². The molecule has 6 heteroatoms. The minimum Gasteiger partial charge on any atom is -0.322 e. The Morgan fingerprint density at radius 3 is 2.39 bits per heavy atom. The summed E-state index contributed by atoms with van der Waals surface area (Å²) in [6, 6.07) is 25.3. The molecule has 0 saturated heterocycles. The van der Waals surface area contributed by atoms with Crippen molar-refractivity contribution in [3.05, 3.63) is 102 Å². The maximum absolute atomic E-state index is 14.8. The molecule has 138 valence electrons. The summed E-state index contributed by atoms with van der Waals surface area (Å²) in [5.74, 6) is -0.749. The second kappa shape index (κ2) is 7.84. The Labute approximate surface area is 161 Å². The molecule has 0 saturated carbocycles. The Balaban J connectivity index is 1.55. The van der Waals surface area contributed by atoms with Crippen molar-refractivity contribution in [2.75, 3.05) is 5.32 Å². The van der Waals surface area contributed by atoms with Gasteiger partial charge in [0.25, 0.3) is 5.91 Å². The molecule has 3 aromatic carbocycles. The lowest BCUT2D eigenvalue weighted by atomic mass is 10.1. The van der Waals surface area contributed by atoms with Gasteiger partial charge < -0.3 is 5.32 Å². The number of rotatable bonds is 5. The number of amides is 1. The summed E-state index contributed by atoms with van der Waals surface area (Å²) in [5, 5.41) is 10.7. The SMILES string of the molecule is O=C(Nc1cccc(-c2nnn(Cc3ccccc3)c2F)c1)c1ccccc1. The molecule has 0 aliphatic rings. The molecule has 0 aliphatic carbocycles. The van der Waals surface area contributed by atoms with Crippen LogP contribution in [0.25, 0.3) is 11.3 Å². The third-order valence-corrected chi connectivity index (χ3v) is 4.28. The summed E-state index contributed by atoms with van der Waals surface area (Å²) in [7, 11) is 0. The van der Waals surface area contributed by atoms with Crippen LogP contribution in [-0.4, -0.2) is 20.9 Å². The molecule has 0 aliphatic heterocycles. The van der Waals surface area contributed by atoms with E-state index in [0.717, 1.165) is 5.56 Å². The fraction of sp³-hybridized carbons (Fsp3) is 0.0455. The highest BCUT2D eigenvalue weighted by Crippen LogP contribution is 2.24. The predicted molar refractivity (Wildman–Crippen MR) is 105 cm³/mol. The second-order valence-corrected chi connectivity index (χ2v) is 6.27. The number of aromatic nitrogens is 3. The molecule has 4 aromatic rings. The molecule has 0 spiro atoms. The van der Waals surface area contributed by atoms with Gasteiger partial charge in [-0.05, 0) is 29.8 Å². The number of carbonyl (C=O) groups excluding carboxylic acids is 1. The Hall–Kier alpha value is -3.80. The Morgan fingerprint density at radius 1 is 0.929 bits per heavy atom. The van der Waals surface area contributed by atoms with Crippen molar-refractivity contribution in [2.45, 2.75) is 6.54 Å². The molecule has 5 nitrogen and oxygen atoms in total. The van der Waals surface area contributed by atoms with Gasteiger partial charge >= 0.3 is 0 Å². The number of nitrogens with zero attached hydrogens (tertiary/aromatic N) is 3. The molecule has 0 radical (unpaired) electrons. The molecule has 4 rings (SSSR count). The van der Waals surface area contributed by atoms with E-state index in [1.165, 1.54) is 4.68 Å². The van der Waals surface area contributed by atoms with Crippen LogP contribution in [0, 0.1) is 5.95 Å². The van der Waals surface area contributed by atoms with Crippen molar-refractivity contribution in [2.24, 2.45) is 0 Å². The van der Waals surface area contributed by atoms with Crippen molar-refractivity contribution in [3.8, 4) is 11.3 Å². The molecule has 1 amide bonds. The van der Waals surface area contributed by atoms with E-state index in [-0.39, 0.29) is 11.6 Å². The maximum atomic E-state index is 14.8. The number of hydrogen-bond donors (Lipinski definition) is 1. The van der Waals surface area contributed by atoms with Gasteiger partial charge in [0.05, 0.1) is 6.54 Å². The smallest absolute Gasteiger partial charge is 0.255 e. The molecular formula is C22H17FN4O. The first-order valence-electron chi connectivity index (χ1n) is 8.80. The van der Waals surface area contributed by atoms with Crippen LogP contribution in [0.15, 0.2) is 84.9 Å². The summed E-state index contributed by atoms with van der Waals surface area (Å²) in [6.07, 6.45) is 0. The van der Waals surface area contributed by atoms with Crippen molar-refractivity contribution in [1.29, 1.82) is 0 Å². The number of anilines is 1. The zero-order valence-electron chi connectivity index (χ0n) is 14.9. The largest absolute Gasteiger partial charge is 0.322 e. The first-order valence-corrected chi connectivity index (χ1v) is 8.80. The highest BCUT2D eigenvalue weighted by molar-refractivity contribution is 6.04. The molecule has 0 fully saturated rings. The van der Waals surface area contributed by atoms with Gasteiger partial charge in [-0.3, -0.25) is 4.79 Å². The zero-order chi connectivity index (χ0) is 19.3. The first-order chi connectivity index (χ1) is 13.7. The van der Waals surface area contributed by atoms with E-state index < -0.39 is 5.95 Å². The van der Waals surface area contributed by atoms with E-state index in [1.807, 2.05) is 36.4 Å². The summed E-state index contributed by atoms with van der Waals surface area (Å²) in [5.41, 5.74) is 2.73. The van der Waals surface area contributed by atoms with Gasteiger partial charge in [-0.2, -0.15) is 4.39 Å². The van der Waals surface area contributed by atoms with E-state index in [4.69, 9.17) is 0 Å². The van der Waals surface area contributed by atoms with Gasteiger partial charge in [-0.1, -0.05) is 65.9 Å². The normalized spacial score (nSPS) is 10.6. The average Bonchev–Trinajstić information content (AvgIpc) is 3.10. The molecule has 1 heterocycles. The molecule has 28 heavy (non-hydrogen) atoms. The first kappa shape index (κ1) is 17.6. The number of halogens is 1. The van der Waals surface area contributed by atoms with Crippen LogP contribution >= 0.6 is 0 Å². The van der Waals surface area contributed by atoms with E-state index in [0.29, 0.717) is 23.4 Å². The van der Waals surface area contributed by atoms with Crippen molar-refractivity contribution in [1.82, 2.24) is 15.0 Å². The van der Waals surface area contributed by atoms with Crippen LogP contribution in [0.3, 0.4) is 0 Å². The van der Waals surface area contributed by atoms with Crippen molar-refractivity contribution >= 4 is 11.6 Å². The maximum Gasteiger partial charge on any atom is 0.255 e. The van der Waals surface area contributed by atoms with E-state index >= 15 is 0 Å². The highest BCUT2D eigenvalue weighted by atomic mass is 19.1. The summed E-state index contributed by atoms with van der Waals surface area (Å²) >= 11 is 0. The number of carbonyl (C=O) groups is 1. The fourth-order valence-corrected chi connectivity index (χ4v) is 2.87. The molecule has 0 atom stereocenters. The average molecular weight is 372 g/mol. The summed E-state index contributed by atoms with van der Waals surface area (Å²) in [4.78, 5) is 12.3. The lowest BCUT2D eigenvalue weighted by molar-refractivity contribution is 0.102. The molecular weight excluding hydrogens is 355 g/mol.